The Balaban J connectivity index is 2.17. The van der Waals surface area contributed by atoms with Gasteiger partial charge in [0.05, 0.1) is 6.10 Å². The molecule has 2 heteroatoms. The van der Waals surface area contributed by atoms with Gasteiger partial charge < -0.3 is 9.47 Å². The van der Waals surface area contributed by atoms with Gasteiger partial charge in [0.1, 0.15) is 6.10 Å². The van der Waals surface area contributed by atoms with Crippen molar-refractivity contribution in [3.8, 4) is 0 Å². The summed E-state index contributed by atoms with van der Waals surface area (Å²) < 4.78 is 11.4. The zero-order chi connectivity index (χ0) is 8.77. The molecule has 2 rings (SSSR count). The first kappa shape index (κ1) is 8.02. The minimum absolute atomic E-state index is 0.123. The van der Waals surface area contributed by atoms with Crippen LogP contribution in [0.15, 0.2) is 24.3 Å². The second-order valence-corrected chi connectivity index (χ2v) is 3.74. The maximum absolute atomic E-state index is 5.71. The largest absolute Gasteiger partial charge is 0.344 e. The molecule has 1 heterocycles. The SMILES string of the molecule is C=CC1=CCC2OC(C)(C)OC12. The zero-order valence-electron chi connectivity index (χ0n) is 7.54. The minimum atomic E-state index is -0.419. The molecule has 0 radical (unpaired) electrons. The van der Waals surface area contributed by atoms with E-state index in [4.69, 9.17) is 9.47 Å². The van der Waals surface area contributed by atoms with Gasteiger partial charge >= 0.3 is 0 Å². The maximum Gasteiger partial charge on any atom is 0.164 e. The van der Waals surface area contributed by atoms with E-state index in [0.717, 1.165) is 6.42 Å². The van der Waals surface area contributed by atoms with Gasteiger partial charge in [-0.15, -0.1) is 0 Å². The number of fused-ring (bicyclic) bond motifs is 1. The first-order valence-corrected chi connectivity index (χ1v) is 4.30. The van der Waals surface area contributed by atoms with Crippen molar-refractivity contribution in [2.75, 3.05) is 0 Å². The first-order valence-electron chi connectivity index (χ1n) is 4.30. The molecule has 0 N–H and O–H groups in total. The zero-order valence-corrected chi connectivity index (χ0v) is 7.54. The average molecular weight is 166 g/mol. The van der Waals surface area contributed by atoms with Crippen LogP contribution in [0.25, 0.3) is 0 Å². The van der Waals surface area contributed by atoms with Crippen molar-refractivity contribution in [3.63, 3.8) is 0 Å². The Morgan fingerprint density at radius 3 is 3.00 bits per heavy atom. The monoisotopic (exact) mass is 166 g/mol. The van der Waals surface area contributed by atoms with Crippen LogP contribution in [0.2, 0.25) is 0 Å². The average Bonchev–Trinajstić information content (AvgIpc) is 2.42. The Labute approximate surface area is 72.9 Å². The fourth-order valence-electron chi connectivity index (χ4n) is 1.86. The molecule has 1 aliphatic carbocycles. The number of ether oxygens (including phenoxy) is 2. The third-order valence-electron chi connectivity index (χ3n) is 2.33. The molecule has 1 saturated heterocycles. The van der Waals surface area contributed by atoms with E-state index in [2.05, 4.69) is 12.7 Å². The lowest BCUT2D eigenvalue weighted by molar-refractivity contribution is -0.144. The van der Waals surface area contributed by atoms with Crippen LogP contribution < -0.4 is 0 Å². The van der Waals surface area contributed by atoms with Crippen LogP contribution in [0.3, 0.4) is 0 Å². The van der Waals surface area contributed by atoms with Gasteiger partial charge in [-0.25, -0.2) is 0 Å². The highest BCUT2D eigenvalue weighted by Gasteiger charge is 2.44. The number of rotatable bonds is 1. The molecular formula is C10H14O2. The second kappa shape index (κ2) is 2.44. The van der Waals surface area contributed by atoms with Crippen molar-refractivity contribution in [1.82, 2.24) is 0 Å². The summed E-state index contributed by atoms with van der Waals surface area (Å²) in [6, 6.07) is 0. The fraction of sp³-hybridized carbons (Fsp3) is 0.600. The molecule has 0 amide bonds. The molecule has 0 aromatic heterocycles. The van der Waals surface area contributed by atoms with E-state index in [9.17, 15) is 0 Å². The lowest BCUT2D eigenvalue weighted by atomic mass is 10.1. The van der Waals surface area contributed by atoms with Gasteiger partial charge in [-0.05, 0) is 25.8 Å². The number of hydrogen-bond acceptors (Lipinski definition) is 2. The van der Waals surface area contributed by atoms with Crippen molar-refractivity contribution in [1.29, 1.82) is 0 Å². The molecule has 66 valence electrons. The van der Waals surface area contributed by atoms with E-state index >= 15 is 0 Å². The quantitative estimate of drug-likeness (QED) is 0.593. The van der Waals surface area contributed by atoms with Gasteiger partial charge in [0.15, 0.2) is 5.79 Å². The highest BCUT2D eigenvalue weighted by Crippen LogP contribution is 2.38. The van der Waals surface area contributed by atoms with Gasteiger partial charge in [-0.2, -0.15) is 0 Å². The molecule has 0 aromatic carbocycles. The first-order chi connectivity index (χ1) is 5.62. The van der Waals surface area contributed by atoms with Crippen molar-refractivity contribution in [2.24, 2.45) is 0 Å². The van der Waals surface area contributed by atoms with Gasteiger partial charge in [0, 0.05) is 0 Å². The summed E-state index contributed by atoms with van der Waals surface area (Å²) in [6.07, 6.45) is 5.29. The summed E-state index contributed by atoms with van der Waals surface area (Å²) in [5.74, 6) is -0.419. The van der Waals surface area contributed by atoms with Gasteiger partial charge in [-0.3, -0.25) is 0 Å². The van der Waals surface area contributed by atoms with Crippen LogP contribution in [0.4, 0.5) is 0 Å². The van der Waals surface area contributed by atoms with Gasteiger partial charge in [0.25, 0.3) is 0 Å². The van der Waals surface area contributed by atoms with E-state index in [0.29, 0.717) is 0 Å². The number of hydrogen-bond donors (Lipinski definition) is 0. The van der Waals surface area contributed by atoms with Crippen LogP contribution in [0, 0.1) is 0 Å². The topological polar surface area (TPSA) is 18.5 Å². The third kappa shape index (κ3) is 1.11. The second-order valence-electron chi connectivity index (χ2n) is 3.74. The predicted molar refractivity (Wildman–Crippen MR) is 46.7 cm³/mol. The maximum atomic E-state index is 5.71. The molecule has 12 heavy (non-hydrogen) atoms. The van der Waals surface area contributed by atoms with E-state index in [-0.39, 0.29) is 12.2 Å². The fourth-order valence-corrected chi connectivity index (χ4v) is 1.86. The summed E-state index contributed by atoms with van der Waals surface area (Å²) in [4.78, 5) is 0. The Hall–Kier alpha value is -0.600. The highest BCUT2D eigenvalue weighted by molar-refractivity contribution is 5.29. The Morgan fingerprint density at radius 1 is 1.58 bits per heavy atom. The van der Waals surface area contributed by atoms with Gasteiger partial charge in [-0.1, -0.05) is 18.7 Å². The van der Waals surface area contributed by atoms with E-state index in [1.165, 1.54) is 5.57 Å². The predicted octanol–water partition coefficient (Wildman–Crippen LogP) is 2.02. The van der Waals surface area contributed by atoms with E-state index < -0.39 is 5.79 Å². The van der Waals surface area contributed by atoms with Crippen LogP contribution >= 0.6 is 0 Å². The van der Waals surface area contributed by atoms with Crippen molar-refractivity contribution in [3.05, 3.63) is 24.3 Å². The normalized spacial score (nSPS) is 37.7. The molecule has 0 saturated carbocycles. The molecule has 2 aliphatic rings. The summed E-state index contributed by atoms with van der Waals surface area (Å²) in [5.41, 5.74) is 1.17. The van der Waals surface area contributed by atoms with E-state index in [1.54, 1.807) is 0 Å². The Morgan fingerprint density at radius 2 is 2.33 bits per heavy atom. The lowest BCUT2D eigenvalue weighted by Gasteiger charge is -2.17. The standard InChI is InChI=1S/C10H14O2/c1-4-7-5-6-8-9(7)12-10(2,3)11-8/h4-5,8-9H,1,6H2,2-3H3. The van der Waals surface area contributed by atoms with Crippen LogP contribution in [0.5, 0.6) is 0 Å². The van der Waals surface area contributed by atoms with Crippen LogP contribution in [-0.4, -0.2) is 18.0 Å². The molecule has 1 aliphatic heterocycles. The molecule has 0 aromatic rings. The molecule has 1 fully saturated rings. The van der Waals surface area contributed by atoms with Crippen molar-refractivity contribution in [2.45, 2.75) is 38.3 Å². The summed E-state index contributed by atoms with van der Waals surface area (Å²) in [5, 5.41) is 0. The molecule has 2 nitrogen and oxygen atoms in total. The van der Waals surface area contributed by atoms with E-state index in [1.807, 2.05) is 19.9 Å². The smallest absolute Gasteiger partial charge is 0.164 e. The Kier molecular flexibility index (Phi) is 1.63. The third-order valence-corrected chi connectivity index (χ3v) is 2.33. The highest BCUT2D eigenvalue weighted by atomic mass is 16.8. The molecule has 0 bridgehead atoms. The van der Waals surface area contributed by atoms with Crippen molar-refractivity contribution >= 4 is 0 Å². The van der Waals surface area contributed by atoms with Crippen molar-refractivity contribution < 1.29 is 9.47 Å². The molecule has 2 atom stereocenters. The van der Waals surface area contributed by atoms with Crippen LogP contribution in [-0.2, 0) is 9.47 Å². The summed E-state index contributed by atoms with van der Waals surface area (Å²) in [7, 11) is 0. The minimum Gasteiger partial charge on any atom is -0.344 e. The molecule has 0 spiro atoms. The lowest BCUT2D eigenvalue weighted by Crippen LogP contribution is -2.21. The molecular weight excluding hydrogens is 152 g/mol. The Bertz CT molecular complexity index is 240. The van der Waals surface area contributed by atoms with Gasteiger partial charge in [0.2, 0.25) is 0 Å². The summed E-state index contributed by atoms with van der Waals surface area (Å²) in [6.45, 7) is 7.65. The summed E-state index contributed by atoms with van der Waals surface area (Å²) >= 11 is 0. The van der Waals surface area contributed by atoms with Crippen LogP contribution in [0.1, 0.15) is 20.3 Å². The molecule has 2 unspecified atom stereocenters.